The summed E-state index contributed by atoms with van der Waals surface area (Å²) in [5.74, 6) is 0.703. The summed E-state index contributed by atoms with van der Waals surface area (Å²) in [6.07, 6.45) is 7.97. The Kier molecular flexibility index (Phi) is 3.71. The Morgan fingerprint density at radius 3 is 2.78 bits per heavy atom. The maximum atomic E-state index is 8.77. The van der Waals surface area contributed by atoms with E-state index in [4.69, 9.17) is 11.0 Å². The molecule has 0 spiro atoms. The van der Waals surface area contributed by atoms with Crippen LogP contribution in [0.2, 0.25) is 0 Å². The summed E-state index contributed by atoms with van der Waals surface area (Å²) < 4.78 is 0. The number of nitrogens with two attached hydrogens (primary N) is 1. The molecule has 18 heavy (non-hydrogen) atoms. The highest BCUT2D eigenvalue weighted by atomic mass is 15.0. The van der Waals surface area contributed by atoms with E-state index in [1.165, 1.54) is 32.1 Å². The first-order chi connectivity index (χ1) is 8.69. The van der Waals surface area contributed by atoms with Crippen LogP contribution in [0.5, 0.6) is 0 Å². The molecule has 96 valence electrons. The van der Waals surface area contributed by atoms with Gasteiger partial charge in [-0.05, 0) is 30.7 Å². The fourth-order valence-corrected chi connectivity index (χ4v) is 2.74. The highest BCUT2D eigenvalue weighted by Gasteiger charge is 2.31. The van der Waals surface area contributed by atoms with E-state index in [1.54, 1.807) is 12.3 Å². The van der Waals surface area contributed by atoms with E-state index in [2.05, 4.69) is 17.2 Å². The SMILES string of the molecule is CCC1(CNc2ncc(C#N)cc2N)CCCC1. The van der Waals surface area contributed by atoms with Crippen LogP contribution >= 0.6 is 0 Å². The van der Waals surface area contributed by atoms with Gasteiger partial charge >= 0.3 is 0 Å². The van der Waals surface area contributed by atoms with Gasteiger partial charge in [0.2, 0.25) is 0 Å². The monoisotopic (exact) mass is 244 g/mol. The van der Waals surface area contributed by atoms with E-state index in [9.17, 15) is 0 Å². The van der Waals surface area contributed by atoms with Crippen LogP contribution in [-0.4, -0.2) is 11.5 Å². The van der Waals surface area contributed by atoms with E-state index in [0.717, 1.165) is 6.54 Å². The van der Waals surface area contributed by atoms with Gasteiger partial charge in [-0.15, -0.1) is 0 Å². The quantitative estimate of drug-likeness (QED) is 0.854. The first kappa shape index (κ1) is 12.7. The molecule has 1 aromatic heterocycles. The summed E-state index contributed by atoms with van der Waals surface area (Å²) in [7, 11) is 0. The summed E-state index contributed by atoms with van der Waals surface area (Å²) >= 11 is 0. The molecule has 1 aliphatic rings. The van der Waals surface area contributed by atoms with Gasteiger partial charge in [0, 0.05) is 12.7 Å². The van der Waals surface area contributed by atoms with Crippen molar-refractivity contribution >= 4 is 11.5 Å². The zero-order chi connectivity index (χ0) is 13.0. The lowest BCUT2D eigenvalue weighted by atomic mass is 9.83. The second-order valence-corrected chi connectivity index (χ2v) is 5.19. The third kappa shape index (κ3) is 2.56. The van der Waals surface area contributed by atoms with E-state index < -0.39 is 0 Å². The maximum absolute atomic E-state index is 8.77. The second kappa shape index (κ2) is 5.26. The molecule has 0 bridgehead atoms. The van der Waals surface area contributed by atoms with E-state index in [0.29, 0.717) is 22.5 Å². The summed E-state index contributed by atoms with van der Waals surface area (Å²) in [6.45, 7) is 3.18. The molecule has 0 aromatic carbocycles. The van der Waals surface area contributed by atoms with Crippen molar-refractivity contribution in [3.63, 3.8) is 0 Å². The maximum Gasteiger partial charge on any atom is 0.149 e. The summed E-state index contributed by atoms with van der Waals surface area (Å²) in [5.41, 5.74) is 7.35. The Hall–Kier alpha value is -1.76. The molecule has 1 saturated carbocycles. The zero-order valence-electron chi connectivity index (χ0n) is 10.9. The van der Waals surface area contributed by atoms with Gasteiger partial charge in [-0.2, -0.15) is 5.26 Å². The summed E-state index contributed by atoms with van der Waals surface area (Å²) in [4.78, 5) is 4.22. The van der Waals surface area contributed by atoms with Gasteiger partial charge in [-0.1, -0.05) is 19.8 Å². The van der Waals surface area contributed by atoms with E-state index >= 15 is 0 Å². The number of nitrogens with one attached hydrogen (secondary N) is 1. The van der Waals surface area contributed by atoms with Crippen LogP contribution in [0.1, 0.15) is 44.6 Å². The lowest BCUT2D eigenvalue weighted by molar-refractivity contribution is 0.306. The third-order valence-corrected chi connectivity index (χ3v) is 4.09. The van der Waals surface area contributed by atoms with Gasteiger partial charge in [0.25, 0.3) is 0 Å². The Balaban J connectivity index is 2.04. The van der Waals surface area contributed by atoms with Crippen molar-refractivity contribution in [2.75, 3.05) is 17.6 Å². The molecule has 1 heterocycles. The minimum absolute atomic E-state index is 0.405. The second-order valence-electron chi connectivity index (χ2n) is 5.19. The number of anilines is 2. The number of hydrogen-bond acceptors (Lipinski definition) is 4. The third-order valence-electron chi connectivity index (χ3n) is 4.09. The fraction of sp³-hybridized carbons (Fsp3) is 0.571. The molecule has 1 aromatic rings. The number of nitrogen functional groups attached to an aromatic ring is 1. The van der Waals surface area contributed by atoms with Gasteiger partial charge in [0.05, 0.1) is 11.3 Å². The summed E-state index contributed by atoms with van der Waals surface area (Å²) in [5, 5.41) is 12.1. The Labute approximate surface area is 108 Å². The van der Waals surface area contributed by atoms with Crippen LogP contribution in [0.3, 0.4) is 0 Å². The molecule has 4 heteroatoms. The summed E-state index contributed by atoms with van der Waals surface area (Å²) in [6, 6.07) is 3.71. The van der Waals surface area contributed by atoms with Gasteiger partial charge in [-0.25, -0.2) is 4.98 Å². The van der Waals surface area contributed by atoms with Gasteiger partial charge in [0.15, 0.2) is 0 Å². The smallest absolute Gasteiger partial charge is 0.149 e. The Morgan fingerprint density at radius 1 is 1.50 bits per heavy atom. The van der Waals surface area contributed by atoms with Crippen molar-refractivity contribution in [3.05, 3.63) is 17.8 Å². The molecule has 0 saturated heterocycles. The topological polar surface area (TPSA) is 74.7 Å². The molecule has 0 unspecified atom stereocenters. The molecular weight excluding hydrogens is 224 g/mol. The van der Waals surface area contributed by atoms with Gasteiger partial charge < -0.3 is 11.1 Å². The van der Waals surface area contributed by atoms with Crippen LogP contribution in [0, 0.1) is 16.7 Å². The first-order valence-electron chi connectivity index (χ1n) is 6.58. The van der Waals surface area contributed by atoms with Crippen LogP contribution in [0.4, 0.5) is 11.5 Å². The molecule has 2 rings (SSSR count). The van der Waals surface area contributed by atoms with Crippen molar-refractivity contribution in [1.29, 1.82) is 5.26 Å². The predicted molar refractivity (Wildman–Crippen MR) is 73.0 cm³/mol. The molecule has 0 atom stereocenters. The van der Waals surface area contributed by atoms with Crippen molar-refractivity contribution in [2.24, 2.45) is 5.41 Å². The van der Waals surface area contributed by atoms with Crippen molar-refractivity contribution in [1.82, 2.24) is 4.98 Å². The number of nitriles is 1. The largest absolute Gasteiger partial charge is 0.396 e. The lowest BCUT2D eigenvalue weighted by Crippen LogP contribution is -2.26. The van der Waals surface area contributed by atoms with Crippen LogP contribution in [0.15, 0.2) is 12.3 Å². The predicted octanol–water partition coefficient (Wildman–Crippen LogP) is 2.92. The standard InChI is InChI=1S/C14H20N4/c1-2-14(5-3-4-6-14)10-18-13-12(16)7-11(8-15)9-17-13/h7,9H,2-6,10,16H2,1H3,(H,17,18). The molecule has 4 nitrogen and oxygen atoms in total. The minimum atomic E-state index is 0.405. The molecule has 1 aliphatic carbocycles. The van der Waals surface area contributed by atoms with Gasteiger partial charge in [-0.3, -0.25) is 0 Å². The van der Waals surface area contributed by atoms with E-state index in [1.807, 2.05) is 6.07 Å². The molecule has 0 amide bonds. The van der Waals surface area contributed by atoms with E-state index in [-0.39, 0.29) is 0 Å². The van der Waals surface area contributed by atoms with Crippen LogP contribution in [0.25, 0.3) is 0 Å². The van der Waals surface area contributed by atoms with Crippen molar-refractivity contribution < 1.29 is 0 Å². The normalized spacial score (nSPS) is 17.3. The Morgan fingerprint density at radius 2 is 2.22 bits per heavy atom. The number of rotatable bonds is 4. The van der Waals surface area contributed by atoms with Gasteiger partial charge in [0.1, 0.15) is 11.9 Å². The van der Waals surface area contributed by atoms with Crippen molar-refractivity contribution in [3.8, 4) is 6.07 Å². The minimum Gasteiger partial charge on any atom is -0.396 e. The van der Waals surface area contributed by atoms with Crippen LogP contribution in [-0.2, 0) is 0 Å². The average Bonchev–Trinajstić information content (AvgIpc) is 2.86. The zero-order valence-corrected chi connectivity index (χ0v) is 10.9. The highest BCUT2D eigenvalue weighted by molar-refractivity contribution is 5.63. The van der Waals surface area contributed by atoms with Crippen LogP contribution < -0.4 is 11.1 Å². The Bertz CT molecular complexity index is 455. The molecule has 3 N–H and O–H groups in total. The molecule has 0 aliphatic heterocycles. The first-order valence-corrected chi connectivity index (χ1v) is 6.58. The molecule has 1 fully saturated rings. The number of hydrogen-bond donors (Lipinski definition) is 2. The molecule has 0 radical (unpaired) electrons. The highest BCUT2D eigenvalue weighted by Crippen LogP contribution is 2.41. The number of nitrogens with zero attached hydrogens (tertiary/aromatic N) is 2. The van der Waals surface area contributed by atoms with Crippen molar-refractivity contribution in [2.45, 2.75) is 39.0 Å². The number of pyridine rings is 1. The average molecular weight is 244 g/mol. The fourth-order valence-electron chi connectivity index (χ4n) is 2.74. The number of aromatic nitrogens is 1. The molecular formula is C14H20N4. The lowest BCUT2D eigenvalue weighted by Gasteiger charge is -2.28.